The minimum atomic E-state index is -0.685. The van der Waals surface area contributed by atoms with E-state index in [-0.39, 0.29) is 30.8 Å². The Bertz CT molecular complexity index is 4310. The molecule has 6 aromatic heterocycles. The van der Waals surface area contributed by atoms with Crippen molar-refractivity contribution >= 4 is 55.9 Å². The smallest absolute Gasteiger partial charge is 0.657 e. The van der Waals surface area contributed by atoms with Gasteiger partial charge in [0.25, 0.3) is 0 Å². The van der Waals surface area contributed by atoms with E-state index >= 15 is 0 Å². The number of aliphatic hydroxyl groups is 1. The number of aromatic nitrogens is 7. The molecular weight excluding hydrogens is 1190 g/mol. The van der Waals surface area contributed by atoms with Gasteiger partial charge in [0.1, 0.15) is 6.10 Å². The van der Waals surface area contributed by atoms with E-state index in [0.717, 1.165) is 108 Å². The molecule has 4 N–H and O–H groups in total. The molecule has 0 spiro atoms. The van der Waals surface area contributed by atoms with E-state index in [4.69, 9.17) is 24.9 Å². The molecule has 0 radical (unpaired) electrons. The van der Waals surface area contributed by atoms with Gasteiger partial charge >= 0.3 is 19.5 Å². The molecule has 0 amide bonds. The van der Waals surface area contributed by atoms with E-state index in [1.807, 2.05) is 55.6 Å². The molecule has 9 heterocycles. The predicted molar refractivity (Wildman–Crippen MR) is 360 cm³/mol. The third-order valence-electron chi connectivity index (χ3n) is 17.2. The van der Waals surface area contributed by atoms with Gasteiger partial charge in [0.2, 0.25) is 0 Å². The Morgan fingerprint density at radius 2 is 1.14 bits per heavy atom. The number of aromatic amines is 3. The summed E-state index contributed by atoms with van der Waals surface area (Å²) in [5, 5.41) is 10.9. The quantitative estimate of drug-likeness (QED) is 0.107. The Labute approximate surface area is 534 Å². The summed E-state index contributed by atoms with van der Waals surface area (Å²) in [6, 6.07) is 51.2. The molecular formula is C76H79BrN8OZn. The van der Waals surface area contributed by atoms with Crippen LogP contribution in [-0.4, -0.2) is 41.8 Å². The fourth-order valence-electron chi connectivity index (χ4n) is 13.1. The monoisotopic (exact) mass is 1260 g/mol. The van der Waals surface area contributed by atoms with Crippen LogP contribution in [0.25, 0.3) is 56.5 Å². The molecule has 3 aliphatic heterocycles. The predicted octanol–water partition coefficient (Wildman–Crippen LogP) is 18.2. The van der Waals surface area contributed by atoms with Gasteiger partial charge in [-0.1, -0.05) is 159 Å². The Balaban J connectivity index is 0.000000162. The van der Waals surface area contributed by atoms with Crippen molar-refractivity contribution in [1.82, 2.24) is 34.9 Å². The summed E-state index contributed by atoms with van der Waals surface area (Å²) >= 11 is 3.55. The van der Waals surface area contributed by atoms with Crippen molar-refractivity contribution in [3.63, 3.8) is 0 Å². The number of aliphatic imine (C=N–C) groups is 1. The van der Waals surface area contributed by atoms with Crippen molar-refractivity contribution in [2.24, 2.45) is 10.4 Å². The summed E-state index contributed by atoms with van der Waals surface area (Å²) in [7, 11) is 0. The van der Waals surface area contributed by atoms with E-state index in [2.05, 4.69) is 229 Å². The van der Waals surface area contributed by atoms with Crippen LogP contribution in [-0.2, 0) is 37.7 Å². The van der Waals surface area contributed by atoms with Crippen LogP contribution in [0.1, 0.15) is 154 Å². The second-order valence-electron chi connectivity index (χ2n) is 25.6. The number of nitrogens with zero attached hydrogens (tertiary/aromatic N) is 5. The van der Waals surface area contributed by atoms with Crippen LogP contribution in [0.3, 0.4) is 0 Å². The van der Waals surface area contributed by atoms with E-state index in [1.54, 1.807) is 0 Å². The molecule has 11 heteroatoms. The number of aliphatic hydroxyl groups excluding tert-OH is 1. The van der Waals surface area contributed by atoms with Crippen LogP contribution in [0.15, 0.2) is 161 Å². The number of nitrogens with one attached hydrogen (secondary N) is 3. The number of rotatable bonds is 9. The van der Waals surface area contributed by atoms with Gasteiger partial charge in [-0.15, -0.1) is 22.1 Å². The van der Waals surface area contributed by atoms with E-state index in [9.17, 15) is 5.11 Å². The van der Waals surface area contributed by atoms with Crippen LogP contribution in [0.2, 0.25) is 0 Å². The average Bonchev–Trinajstić information content (AvgIpc) is 1.93. The minimum absolute atomic E-state index is 0. The Morgan fingerprint density at radius 3 is 1.72 bits per heavy atom. The summed E-state index contributed by atoms with van der Waals surface area (Å²) in [6.07, 6.45) is 8.59. The molecule has 10 aromatic rings. The van der Waals surface area contributed by atoms with Gasteiger partial charge in [-0.25, -0.2) is 4.98 Å². The van der Waals surface area contributed by atoms with Crippen LogP contribution in [0.5, 0.6) is 0 Å². The first kappa shape index (κ1) is 62.4. The van der Waals surface area contributed by atoms with Gasteiger partial charge in [0.05, 0.1) is 28.0 Å². The van der Waals surface area contributed by atoms with Crippen molar-refractivity contribution in [2.75, 3.05) is 0 Å². The normalized spacial score (nSPS) is 15.4. The Kier molecular flexibility index (Phi) is 18.3. The van der Waals surface area contributed by atoms with Crippen molar-refractivity contribution in [3.05, 3.63) is 258 Å². The number of hydrogen-bond acceptors (Lipinski definition) is 4. The number of benzene rings is 4. The number of aryl methyl sites for hydroxylation is 8. The number of hydrogen-bond donors (Lipinski definition) is 4. The van der Waals surface area contributed by atoms with Gasteiger partial charge in [-0.3, -0.25) is 9.98 Å². The van der Waals surface area contributed by atoms with Crippen LogP contribution >= 0.6 is 15.9 Å². The topological polar surface area (TPSA) is 134 Å². The maximum atomic E-state index is 10.9. The molecule has 87 heavy (non-hydrogen) atoms. The molecule has 0 saturated carbocycles. The second kappa shape index (κ2) is 25.6. The summed E-state index contributed by atoms with van der Waals surface area (Å²) in [5.41, 5.74) is 29.8. The number of H-pyrrole nitrogens is 3. The van der Waals surface area contributed by atoms with Gasteiger partial charge < -0.3 is 30.0 Å². The fraction of sp³-hybridized carbons (Fsp3) is 0.276. The third-order valence-corrected chi connectivity index (χ3v) is 17.7. The molecule has 13 rings (SSSR count). The Morgan fingerprint density at radius 1 is 0.575 bits per heavy atom. The van der Waals surface area contributed by atoms with Gasteiger partial charge in [0.15, 0.2) is 0 Å². The second-order valence-corrected chi connectivity index (χ2v) is 26.4. The van der Waals surface area contributed by atoms with Crippen molar-refractivity contribution in [3.8, 4) is 22.3 Å². The molecule has 0 aliphatic carbocycles. The molecule has 0 saturated heterocycles. The molecule has 8 bridgehead atoms. The molecule has 3 unspecified atom stereocenters. The summed E-state index contributed by atoms with van der Waals surface area (Å²) in [5.74, 6) is 0.0240. The van der Waals surface area contributed by atoms with Gasteiger partial charge in [0, 0.05) is 64.3 Å². The summed E-state index contributed by atoms with van der Waals surface area (Å²) in [6.45, 7) is 28.4. The average molecular weight is 1270 g/mol. The molecule has 9 nitrogen and oxygen atoms in total. The first-order valence-electron chi connectivity index (χ1n) is 30.0. The van der Waals surface area contributed by atoms with E-state index in [1.165, 1.54) is 67.0 Å². The Hall–Kier alpha value is -7.69. The molecule has 4 aromatic carbocycles. The van der Waals surface area contributed by atoms with Crippen LogP contribution < -0.4 is 9.97 Å². The van der Waals surface area contributed by atoms with Gasteiger partial charge in [-0.2, -0.15) is 0 Å². The van der Waals surface area contributed by atoms with Crippen molar-refractivity contribution < 1.29 is 24.6 Å². The maximum absolute atomic E-state index is 10.9. The zero-order chi connectivity index (χ0) is 60.8. The van der Waals surface area contributed by atoms with Crippen LogP contribution in [0.4, 0.5) is 0 Å². The fourth-order valence-corrected chi connectivity index (χ4v) is 13.5. The van der Waals surface area contributed by atoms with Crippen LogP contribution in [0, 0.1) is 60.8 Å². The molecule has 0 fully saturated rings. The zero-order valence-electron chi connectivity index (χ0n) is 52.7. The molecule has 3 atom stereocenters. The first-order chi connectivity index (χ1) is 41.0. The number of fused-ring (bicyclic) bond motifs is 8. The van der Waals surface area contributed by atoms with E-state index < -0.39 is 6.10 Å². The third kappa shape index (κ3) is 13.7. The largest absolute Gasteiger partial charge is 2.00 e. The van der Waals surface area contributed by atoms with Gasteiger partial charge in [-0.05, 0) is 194 Å². The molecule has 3 aliphatic rings. The SMILES string of the molecule is CC1=NC(Cc2ccc[nH]2)C(C)(C)C1.Cc1ccc(-c2c3nc(c(-c4c(C)cc(C)cc4C)c4ccc(cc5nc(cc6ccc2[n-]6)C(C)(C)C5)[n-]4)C=C3)cc1.Cc1ccc(C(O)c2ccc(C(c3ccc(Br)[nH]3)c3c(C)cc(C)cc3C)[nH]2)cc1.[Zn+2]. The first-order valence-corrected chi connectivity index (χ1v) is 30.8. The molecule has 438 valence electrons. The summed E-state index contributed by atoms with van der Waals surface area (Å²) < 4.78 is 0.955. The summed E-state index contributed by atoms with van der Waals surface area (Å²) in [4.78, 5) is 35.6. The van der Waals surface area contributed by atoms with Crippen molar-refractivity contribution in [2.45, 2.75) is 133 Å². The maximum Gasteiger partial charge on any atom is 2.00 e. The zero-order valence-corrected chi connectivity index (χ0v) is 57.3. The van der Waals surface area contributed by atoms with Crippen molar-refractivity contribution in [1.29, 1.82) is 0 Å². The number of halogens is 1. The standard InChI is InChI=1S/C38H34N4.C26H27BrN2O.C12H18N2.Zn/c1-22-7-9-26(10-8-22)36-30-13-12-28(40-30)20-34-38(5,6)21-29(41-34)19-27-11-14-32(39-27)37(33-16-15-31(36)42-33)35-24(3)17-23(2)18-25(35)4;1-15-5-7-19(8-6-15)26(30)22-10-9-20(28-22)25(21-11-12-23(27)29-21)24-17(3)13-16(2)14-18(24)4;1-9-8-12(2,3)11(14-9)7-10-5-4-6-13-10;/h7-20H,21H2,1-6H3;5-14,25-26,28-30H,1-4H3;4-6,11,13H,7-8H2,1-3H3;/q-2;;;+2. The van der Waals surface area contributed by atoms with E-state index in [0.29, 0.717) is 11.5 Å². The minimum Gasteiger partial charge on any atom is -0.657 e.